The number of hydrogen-bond acceptors (Lipinski definition) is 8. The SMILES string of the molecule is C.C/C=C1/C(=O)C2C(CC[C@@]3(C)C2CCC3[C@H](C)CCC(=O)O)[C@@]2(C)CC[C@@H](O)CC12.C/C=C1/C(=O)C2C(CC[C@@]3(C)C2CCC3[C@H](C)CCC(=O)OC)[C@@]2(C)CC[C@@H](O)CC12.[Na+].[OH-]. The second-order valence-electron chi connectivity index (χ2n) is 23.1. The van der Waals surface area contributed by atoms with Crippen LogP contribution in [0.25, 0.3) is 0 Å². The standard InChI is InChI=1S/C27H42O4.C26H40O4.CH4.Na.H2O/c1-6-18-22-15-17(28)11-13-27(22,4)21-12-14-26(3)19(16(2)7-10-23(29)31-5)8-9-20(26)24(21)25(18)30;1-5-17-21-14-16(27)10-12-26(21,4)20-11-13-25(3)18(15(2)6-9-22(28)29)7-8-19(25)23(20)24(17)30;;;/h6,16-17,19-22,24,28H,7-15H2,1-5H3;5,15-16,18-21,23,27H,6-14H2,1-4H3,(H,28,29);1H4;;1H2/q;;;+1;/p-1/b18-6+;17-5+;;;/t16-,17-,19?,20?,21?,22?,24?,26-,27-;15-,16-,18?,19?,20?,21?,23?,25-,26-;;;/m11.../s1. The second kappa shape index (κ2) is 21.1. The number of aliphatic carboxylic acids is 1. The Morgan fingerprint density at radius 1 is 0.641 bits per heavy atom. The summed E-state index contributed by atoms with van der Waals surface area (Å²) >= 11 is 0. The summed E-state index contributed by atoms with van der Waals surface area (Å²) in [5.41, 5.74) is 2.58. The van der Waals surface area contributed by atoms with Gasteiger partial charge in [-0.25, -0.2) is 0 Å². The Hall–Kier alpha value is -1.36. The molecule has 358 valence electrons. The van der Waals surface area contributed by atoms with Crippen molar-refractivity contribution in [2.75, 3.05) is 7.11 Å². The Morgan fingerprint density at radius 2 is 1.00 bits per heavy atom. The van der Waals surface area contributed by atoms with Gasteiger partial charge in [0.15, 0.2) is 11.6 Å². The molecule has 9 nitrogen and oxygen atoms in total. The van der Waals surface area contributed by atoms with Gasteiger partial charge in [-0.15, -0.1) is 0 Å². The average Bonchev–Trinajstić information content (AvgIpc) is 3.77. The van der Waals surface area contributed by atoms with Crippen LogP contribution in [-0.4, -0.2) is 63.6 Å². The number of carboxylic acid groups (broad SMARTS) is 1. The zero-order valence-corrected chi connectivity index (χ0v) is 42.8. The maximum Gasteiger partial charge on any atom is 1.00 e. The molecule has 10 heteroatoms. The van der Waals surface area contributed by atoms with E-state index in [2.05, 4.69) is 47.6 Å². The molecule has 0 aromatic carbocycles. The molecule has 0 saturated heterocycles. The third kappa shape index (κ3) is 9.26. The van der Waals surface area contributed by atoms with Crippen LogP contribution in [0.4, 0.5) is 0 Å². The first-order valence-electron chi connectivity index (χ1n) is 24.9. The predicted molar refractivity (Wildman–Crippen MR) is 247 cm³/mol. The number of Topliss-reactive ketones (excluding diaryl/α,β-unsaturated/α-hetero) is 2. The van der Waals surface area contributed by atoms with Crippen LogP contribution >= 0.6 is 0 Å². The summed E-state index contributed by atoms with van der Waals surface area (Å²) in [6.07, 6.45) is 20.3. The fraction of sp³-hybridized carbons (Fsp3) is 0.852. The Kier molecular flexibility index (Phi) is 18.2. The number of allylic oxidation sites excluding steroid dienone is 4. The van der Waals surface area contributed by atoms with Crippen molar-refractivity contribution in [1.29, 1.82) is 0 Å². The van der Waals surface area contributed by atoms with Gasteiger partial charge >= 0.3 is 41.5 Å². The third-order valence-electron chi connectivity index (χ3n) is 20.8. The number of esters is 1. The van der Waals surface area contributed by atoms with E-state index in [1.54, 1.807) is 0 Å². The minimum absolute atomic E-state index is 0. The Labute approximate surface area is 409 Å². The van der Waals surface area contributed by atoms with E-state index in [1.165, 1.54) is 20.0 Å². The molecule has 0 bridgehead atoms. The fourth-order valence-electron chi connectivity index (χ4n) is 17.5. The Bertz CT molecular complexity index is 1760. The molecular weight excluding hydrogens is 816 g/mol. The van der Waals surface area contributed by atoms with Gasteiger partial charge in [-0.3, -0.25) is 19.2 Å². The summed E-state index contributed by atoms with van der Waals surface area (Å²) in [6, 6.07) is 0. The molecule has 0 aliphatic heterocycles. The number of carbonyl (C=O) groups is 4. The van der Waals surface area contributed by atoms with Crippen LogP contribution < -0.4 is 29.6 Å². The van der Waals surface area contributed by atoms with Crippen molar-refractivity contribution in [2.24, 2.45) is 92.7 Å². The normalized spacial score (nSPS) is 45.2. The number of aliphatic hydroxyl groups excluding tert-OH is 2. The first kappa shape index (κ1) is 55.2. The third-order valence-corrected chi connectivity index (χ3v) is 20.8. The van der Waals surface area contributed by atoms with Crippen molar-refractivity contribution in [3.63, 3.8) is 0 Å². The van der Waals surface area contributed by atoms with E-state index in [1.807, 2.05) is 19.9 Å². The average molecular weight is 903 g/mol. The molecule has 8 aliphatic rings. The molecule has 8 fully saturated rings. The van der Waals surface area contributed by atoms with E-state index in [0.29, 0.717) is 65.3 Å². The van der Waals surface area contributed by atoms with Gasteiger partial charge in [-0.2, -0.15) is 0 Å². The van der Waals surface area contributed by atoms with Gasteiger partial charge in [0, 0.05) is 24.7 Å². The number of aliphatic hydroxyl groups is 2. The zero-order chi connectivity index (χ0) is 44.4. The molecule has 0 spiro atoms. The van der Waals surface area contributed by atoms with E-state index >= 15 is 0 Å². The molecule has 8 saturated carbocycles. The Morgan fingerprint density at radius 3 is 1.36 bits per heavy atom. The van der Waals surface area contributed by atoms with Gasteiger partial charge in [-0.05, 0) is 209 Å². The number of ketones is 2. The smallest absolute Gasteiger partial charge is 0.870 e. The molecule has 4 N–H and O–H groups in total. The molecule has 8 aliphatic carbocycles. The zero-order valence-electron chi connectivity index (χ0n) is 40.8. The van der Waals surface area contributed by atoms with Crippen LogP contribution in [0.3, 0.4) is 0 Å². The molecule has 10 unspecified atom stereocenters. The molecule has 0 heterocycles. The fourth-order valence-corrected chi connectivity index (χ4v) is 17.5. The largest absolute Gasteiger partial charge is 1.00 e. The van der Waals surface area contributed by atoms with Gasteiger partial charge < -0.3 is 25.5 Å². The maximum atomic E-state index is 13.9. The van der Waals surface area contributed by atoms with Gasteiger partial charge in [0.1, 0.15) is 0 Å². The van der Waals surface area contributed by atoms with E-state index in [-0.39, 0.29) is 112 Å². The van der Waals surface area contributed by atoms with Crippen LogP contribution in [0.15, 0.2) is 23.3 Å². The summed E-state index contributed by atoms with van der Waals surface area (Å²) < 4.78 is 4.87. The summed E-state index contributed by atoms with van der Waals surface area (Å²) in [7, 11) is 1.47. The molecular formula is C54H87NaO9. The number of rotatable bonds is 8. The summed E-state index contributed by atoms with van der Waals surface area (Å²) in [5, 5.41) is 29.9. The van der Waals surface area contributed by atoms with Gasteiger partial charge in [0.25, 0.3) is 0 Å². The monoisotopic (exact) mass is 903 g/mol. The molecule has 0 amide bonds. The first-order valence-corrected chi connectivity index (χ1v) is 24.9. The van der Waals surface area contributed by atoms with Gasteiger partial charge in [-0.1, -0.05) is 61.1 Å². The predicted octanol–water partition coefficient (Wildman–Crippen LogP) is 8.04. The number of carboxylic acids is 1. The number of fused-ring (bicyclic) bond motifs is 10. The van der Waals surface area contributed by atoms with Crippen LogP contribution in [0.5, 0.6) is 0 Å². The van der Waals surface area contributed by atoms with Crippen LogP contribution in [-0.2, 0) is 23.9 Å². The van der Waals surface area contributed by atoms with E-state index < -0.39 is 5.97 Å². The molecule has 0 aromatic heterocycles. The van der Waals surface area contributed by atoms with Crippen LogP contribution in [0.2, 0.25) is 0 Å². The summed E-state index contributed by atoms with van der Waals surface area (Å²) in [6.45, 7) is 18.2. The number of carbonyl (C=O) groups excluding carboxylic acids is 3. The van der Waals surface area contributed by atoms with Crippen LogP contribution in [0, 0.1) is 92.7 Å². The van der Waals surface area contributed by atoms with E-state index in [4.69, 9.17) is 9.84 Å². The summed E-state index contributed by atoms with van der Waals surface area (Å²) in [4.78, 5) is 50.5. The minimum Gasteiger partial charge on any atom is -0.870 e. The molecule has 8 rings (SSSR count). The topological polar surface area (TPSA) is 168 Å². The van der Waals surface area contributed by atoms with Crippen molar-refractivity contribution < 1.29 is 74.3 Å². The van der Waals surface area contributed by atoms with Crippen molar-refractivity contribution >= 4 is 23.5 Å². The van der Waals surface area contributed by atoms with Crippen molar-refractivity contribution in [1.82, 2.24) is 0 Å². The molecule has 64 heavy (non-hydrogen) atoms. The van der Waals surface area contributed by atoms with Crippen LogP contribution in [0.1, 0.15) is 178 Å². The first-order chi connectivity index (χ1) is 28.8. The molecule has 0 radical (unpaired) electrons. The van der Waals surface area contributed by atoms with Crippen molar-refractivity contribution in [2.45, 2.75) is 191 Å². The minimum atomic E-state index is -0.705. The van der Waals surface area contributed by atoms with Crippen molar-refractivity contribution in [3.05, 3.63) is 23.3 Å². The molecule has 18 atom stereocenters. The van der Waals surface area contributed by atoms with Gasteiger partial charge in [0.05, 0.1) is 19.3 Å². The van der Waals surface area contributed by atoms with Crippen molar-refractivity contribution in [3.8, 4) is 0 Å². The number of methoxy groups -OCH3 is 1. The number of ether oxygens (including phenoxy) is 1. The maximum absolute atomic E-state index is 13.9. The summed E-state index contributed by atoms with van der Waals surface area (Å²) in [5.74, 6) is 4.31. The van der Waals surface area contributed by atoms with E-state index in [0.717, 1.165) is 101 Å². The second-order valence-corrected chi connectivity index (χ2v) is 23.1. The Balaban J connectivity index is 0.000000268. The van der Waals surface area contributed by atoms with Gasteiger partial charge in [0.2, 0.25) is 0 Å². The molecule has 0 aromatic rings. The van der Waals surface area contributed by atoms with E-state index in [9.17, 15) is 29.4 Å². The quantitative estimate of drug-likeness (QED) is 0.124. The number of hydrogen-bond donors (Lipinski definition) is 3.